The zero-order valence-corrected chi connectivity index (χ0v) is 15.5. The molecule has 2 amide bonds. The zero-order chi connectivity index (χ0) is 18.7. The summed E-state index contributed by atoms with van der Waals surface area (Å²) in [4.78, 5) is 28.8. The first-order valence-electron chi connectivity index (χ1n) is 8.94. The maximum atomic E-state index is 12.2. The SMILES string of the molecule is CC(C)(C)OC(=O)N[C@H]1C/C=C/CCNC(=O)C2=C(C2)c2ccnc1c2. The predicted octanol–water partition coefficient (Wildman–Crippen LogP) is 3.27. The summed E-state index contributed by atoms with van der Waals surface area (Å²) in [5.41, 5.74) is 3.07. The average Bonchev–Trinajstić information content (AvgIpc) is 3.35. The Bertz CT molecular complexity index is 775. The standard InChI is InChI=1S/C20H25N3O3/c1-20(2,3)26-19(25)23-16-7-5-4-6-9-22-18(24)15-12-14(15)13-8-10-21-17(16)11-13/h4-5,8,10-11,16H,6-7,9,12H2,1-3H3,(H,22,24)(H,23,25)/b5-4+/t16-/m0/s1. The third-order valence-corrected chi connectivity index (χ3v) is 4.18. The summed E-state index contributed by atoms with van der Waals surface area (Å²) in [5.74, 6) is 0.00874. The molecule has 0 aromatic carbocycles. The second-order valence-corrected chi connectivity index (χ2v) is 7.55. The van der Waals surface area contributed by atoms with Gasteiger partial charge in [-0.2, -0.15) is 0 Å². The van der Waals surface area contributed by atoms with Crippen LogP contribution >= 0.6 is 0 Å². The predicted molar refractivity (Wildman–Crippen MR) is 99.3 cm³/mol. The molecule has 2 aliphatic rings. The van der Waals surface area contributed by atoms with Gasteiger partial charge in [-0.15, -0.1) is 0 Å². The van der Waals surface area contributed by atoms with Crippen LogP contribution in [-0.2, 0) is 9.53 Å². The van der Waals surface area contributed by atoms with Crippen LogP contribution in [0.15, 0.2) is 36.1 Å². The Morgan fingerprint density at radius 1 is 1.31 bits per heavy atom. The lowest BCUT2D eigenvalue weighted by atomic mass is 10.1. The van der Waals surface area contributed by atoms with Gasteiger partial charge in [-0.3, -0.25) is 9.78 Å². The Labute approximate surface area is 153 Å². The van der Waals surface area contributed by atoms with E-state index in [9.17, 15) is 9.59 Å². The molecule has 1 aromatic rings. The number of hydrogen-bond donors (Lipinski definition) is 2. The van der Waals surface area contributed by atoms with Crippen LogP contribution in [0.1, 0.15) is 57.3 Å². The number of allylic oxidation sites excluding steroid dienone is 1. The lowest BCUT2D eigenvalue weighted by molar-refractivity contribution is -0.117. The second kappa shape index (κ2) is 7.32. The van der Waals surface area contributed by atoms with E-state index in [4.69, 9.17) is 4.74 Å². The number of hydrogen-bond acceptors (Lipinski definition) is 4. The minimum Gasteiger partial charge on any atom is -0.444 e. The van der Waals surface area contributed by atoms with Crippen LogP contribution in [0.4, 0.5) is 4.79 Å². The number of carbonyl (C=O) groups excluding carboxylic acids is 2. The molecule has 6 nitrogen and oxygen atoms in total. The summed E-state index contributed by atoms with van der Waals surface area (Å²) in [6, 6.07) is 3.57. The number of nitrogens with one attached hydrogen (secondary N) is 2. The molecular formula is C20H25N3O3. The number of aromatic nitrogens is 1. The van der Waals surface area contributed by atoms with Gasteiger partial charge in [-0.05, 0) is 56.9 Å². The molecule has 2 bridgehead atoms. The van der Waals surface area contributed by atoms with E-state index in [-0.39, 0.29) is 11.9 Å². The lowest BCUT2D eigenvalue weighted by Crippen LogP contribution is -2.35. The van der Waals surface area contributed by atoms with E-state index in [1.807, 2.05) is 45.1 Å². The fourth-order valence-electron chi connectivity index (χ4n) is 2.88. The van der Waals surface area contributed by atoms with Crippen molar-refractivity contribution in [1.82, 2.24) is 15.6 Å². The first kappa shape index (κ1) is 18.2. The topological polar surface area (TPSA) is 80.3 Å². The Morgan fingerprint density at radius 2 is 2.12 bits per heavy atom. The minimum atomic E-state index is -0.557. The number of pyridine rings is 1. The smallest absolute Gasteiger partial charge is 0.408 e. The Morgan fingerprint density at radius 3 is 2.88 bits per heavy atom. The molecular weight excluding hydrogens is 330 g/mol. The number of amides is 2. The van der Waals surface area contributed by atoms with E-state index < -0.39 is 11.7 Å². The van der Waals surface area contributed by atoms with Crippen LogP contribution in [0.5, 0.6) is 0 Å². The Kier molecular flexibility index (Phi) is 5.11. The van der Waals surface area contributed by atoms with Crippen LogP contribution in [0, 0.1) is 0 Å². The van der Waals surface area contributed by atoms with Crippen molar-refractivity contribution in [3.8, 4) is 0 Å². The summed E-state index contributed by atoms with van der Waals surface area (Å²) in [7, 11) is 0. The number of ether oxygens (including phenoxy) is 1. The third-order valence-electron chi connectivity index (χ3n) is 4.18. The molecule has 1 aromatic heterocycles. The van der Waals surface area contributed by atoms with Crippen molar-refractivity contribution in [1.29, 1.82) is 0 Å². The van der Waals surface area contributed by atoms with Gasteiger partial charge in [0, 0.05) is 24.7 Å². The molecule has 138 valence electrons. The molecule has 0 unspecified atom stereocenters. The molecule has 0 saturated carbocycles. The van der Waals surface area contributed by atoms with Gasteiger partial charge in [0.25, 0.3) is 0 Å². The van der Waals surface area contributed by atoms with Gasteiger partial charge in [0.15, 0.2) is 0 Å². The maximum Gasteiger partial charge on any atom is 0.408 e. The van der Waals surface area contributed by atoms with Crippen molar-refractivity contribution in [2.45, 2.75) is 51.7 Å². The van der Waals surface area contributed by atoms with E-state index in [1.165, 1.54) is 0 Å². The highest BCUT2D eigenvalue weighted by atomic mass is 16.6. The molecule has 1 aliphatic heterocycles. The van der Waals surface area contributed by atoms with Crippen molar-refractivity contribution < 1.29 is 14.3 Å². The monoisotopic (exact) mass is 355 g/mol. The maximum absolute atomic E-state index is 12.2. The van der Waals surface area contributed by atoms with Crippen molar-refractivity contribution in [3.63, 3.8) is 0 Å². The van der Waals surface area contributed by atoms with Crippen LogP contribution in [-0.4, -0.2) is 29.1 Å². The number of fused-ring (bicyclic) bond motifs is 3. The molecule has 2 heterocycles. The van der Waals surface area contributed by atoms with Crippen LogP contribution < -0.4 is 10.6 Å². The highest BCUT2D eigenvalue weighted by Gasteiger charge is 2.30. The summed E-state index contributed by atoms with van der Waals surface area (Å²) < 4.78 is 5.38. The third kappa shape index (κ3) is 4.71. The lowest BCUT2D eigenvalue weighted by Gasteiger charge is -2.23. The summed E-state index contributed by atoms with van der Waals surface area (Å²) in [6.07, 6.45) is 7.33. The van der Waals surface area contributed by atoms with Gasteiger partial charge in [-0.1, -0.05) is 12.2 Å². The van der Waals surface area contributed by atoms with E-state index >= 15 is 0 Å². The van der Waals surface area contributed by atoms with Gasteiger partial charge in [0.05, 0.1) is 11.7 Å². The molecule has 26 heavy (non-hydrogen) atoms. The Hall–Kier alpha value is -2.63. The van der Waals surface area contributed by atoms with Gasteiger partial charge < -0.3 is 15.4 Å². The van der Waals surface area contributed by atoms with Crippen LogP contribution in [0.25, 0.3) is 5.57 Å². The van der Waals surface area contributed by atoms with E-state index in [1.54, 1.807) is 6.20 Å². The molecule has 0 fully saturated rings. The van der Waals surface area contributed by atoms with Gasteiger partial charge in [0.2, 0.25) is 5.91 Å². The van der Waals surface area contributed by atoms with Crippen molar-refractivity contribution >= 4 is 17.6 Å². The normalized spacial score (nSPS) is 21.3. The highest BCUT2D eigenvalue weighted by molar-refractivity contribution is 6.10. The fraction of sp³-hybridized carbons (Fsp3) is 0.450. The fourth-order valence-corrected chi connectivity index (χ4v) is 2.88. The van der Waals surface area contributed by atoms with Gasteiger partial charge >= 0.3 is 6.09 Å². The quantitative estimate of drug-likeness (QED) is 0.758. The molecule has 1 aliphatic carbocycles. The van der Waals surface area contributed by atoms with Gasteiger partial charge in [0.1, 0.15) is 5.60 Å². The largest absolute Gasteiger partial charge is 0.444 e. The first-order chi connectivity index (χ1) is 12.3. The van der Waals surface area contributed by atoms with E-state index in [0.717, 1.165) is 28.8 Å². The van der Waals surface area contributed by atoms with Crippen molar-refractivity contribution in [3.05, 3.63) is 47.3 Å². The van der Waals surface area contributed by atoms with Crippen LogP contribution in [0.3, 0.4) is 0 Å². The molecule has 1 atom stereocenters. The average molecular weight is 355 g/mol. The van der Waals surface area contributed by atoms with E-state index in [0.29, 0.717) is 19.4 Å². The number of rotatable bonds is 1. The van der Waals surface area contributed by atoms with E-state index in [2.05, 4.69) is 15.6 Å². The molecule has 0 radical (unpaired) electrons. The molecule has 3 rings (SSSR count). The summed E-state index contributed by atoms with van der Waals surface area (Å²) in [6.45, 7) is 6.11. The highest BCUT2D eigenvalue weighted by Crippen LogP contribution is 2.40. The summed E-state index contributed by atoms with van der Waals surface area (Å²) >= 11 is 0. The number of carbonyl (C=O) groups is 2. The molecule has 6 heteroatoms. The first-order valence-corrected chi connectivity index (χ1v) is 8.94. The number of nitrogens with zero attached hydrogens (tertiary/aromatic N) is 1. The molecule has 0 spiro atoms. The second-order valence-electron chi connectivity index (χ2n) is 7.55. The number of alkyl carbamates (subject to hydrolysis) is 1. The molecule has 2 N–H and O–H groups in total. The van der Waals surface area contributed by atoms with Crippen molar-refractivity contribution in [2.75, 3.05) is 6.54 Å². The van der Waals surface area contributed by atoms with Crippen molar-refractivity contribution in [2.24, 2.45) is 0 Å². The Balaban J connectivity index is 1.85. The van der Waals surface area contributed by atoms with Gasteiger partial charge in [-0.25, -0.2) is 4.79 Å². The summed E-state index contributed by atoms with van der Waals surface area (Å²) in [5, 5.41) is 5.85. The van der Waals surface area contributed by atoms with Crippen LogP contribution in [0.2, 0.25) is 0 Å². The zero-order valence-electron chi connectivity index (χ0n) is 15.5. The minimum absolute atomic E-state index is 0.00874. The molecule has 0 saturated heterocycles.